The number of imide groups is 1. The summed E-state index contributed by atoms with van der Waals surface area (Å²) < 4.78 is 6.15. The third kappa shape index (κ3) is 2.40. The van der Waals surface area contributed by atoms with Gasteiger partial charge in [-0.15, -0.1) is 0 Å². The first-order valence-corrected chi connectivity index (χ1v) is 7.35. The number of ether oxygens (including phenoxy) is 1. The molecule has 106 valence electrons. The molecule has 0 radical (unpaired) electrons. The Hall–Kier alpha value is -1.56. The fourth-order valence-electron chi connectivity index (χ4n) is 2.46. The second-order valence-electron chi connectivity index (χ2n) is 5.08. The summed E-state index contributed by atoms with van der Waals surface area (Å²) in [5, 5.41) is 3.13. The van der Waals surface area contributed by atoms with E-state index in [1.54, 1.807) is 7.11 Å². The SMILES string of the molecule is COc1ccc(Br)cc1NC1CC(=O)N(C2CC2)C1=O. The topological polar surface area (TPSA) is 58.6 Å². The van der Waals surface area contributed by atoms with Crippen molar-refractivity contribution in [3.05, 3.63) is 22.7 Å². The first-order chi connectivity index (χ1) is 9.60. The molecule has 1 heterocycles. The maximum absolute atomic E-state index is 12.3. The smallest absolute Gasteiger partial charge is 0.252 e. The summed E-state index contributed by atoms with van der Waals surface area (Å²) in [6.07, 6.45) is 2.08. The molecule has 0 spiro atoms. The Kier molecular flexibility index (Phi) is 3.41. The number of methoxy groups -OCH3 is 1. The number of carbonyl (C=O) groups excluding carboxylic acids is 2. The molecule has 1 unspecified atom stereocenters. The van der Waals surface area contributed by atoms with Gasteiger partial charge in [-0.1, -0.05) is 15.9 Å². The van der Waals surface area contributed by atoms with Crippen LogP contribution in [0.2, 0.25) is 0 Å². The number of hydrogen-bond donors (Lipinski definition) is 1. The number of nitrogens with zero attached hydrogens (tertiary/aromatic N) is 1. The fourth-order valence-corrected chi connectivity index (χ4v) is 2.82. The van der Waals surface area contributed by atoms with E-state index in [0.717, 1.165) is 17.3 Å². The summed E-state index contributed by atoms with van der Waals surface area (Å²) in [6, 6.07) is 5.16. The highest BCUT2D eigenvalue weighted by Crippen LogP contribution is 2.34. The Morgan fingerprint density at radius 3 is 2.75 bits per heavy atom. The molecule has 2 fully saturated rings. The van der Waals surface area contributed by atoms with Gasteiger partial charge in [0.05, 0.1) is 19.2 Å². The Bertz CT molecular complexity index is 572. The number of nitrogens with one attached hydrogen (secondary N) is 1. The Morgan fingerprint density at radius 2 is 2.10 bits per heavy atom. The molecule has 1 saturated carbocycles. The van der Waals surface area contributed by atoms with E-state index in [4.69, 9.17) is 4.74 Å². The number of rotatable bonds is 4. The van der Waals surface area contributed by atoms with Crippen molar-refractivity contribution in [2.24, 2.45) is 0 Å². The lowest BCUT2D eigenvalue weighted by molar-refractivity contribution is -0.139. The van der Waals surface area contributed by atoms with Crippen LogP contribution < -0.4 is 10.1 Å². The molecule has 1 aliphatic carbocycles. The first kappa shape index (κ1) is 13.4. The summed E-state index contributed by atoms with van der Waals surface area (Å²) in [5.41, 5.74) is 0.714. The minimum Gasteiger partial charge on any atom is -0.495 e. The normalized spacial score (nSPS) is 22.3. The number of anilines is 1. The van der Waals surface area contributed by atoms with Gasteiger partial charge in [0.2, 0.25) is 5.91 Å². The lowest BCUT2D eigenvalue weighted by Gasteiger charge is -2.17. The predicted octanol–water partition coefficient (Wildman–Crippen LogP) is 2.16. The van der Waals surface area contributed by atoms with Gasteiger partial charge in [-0.05, 0) is 31.0 Å². The molecule has 3 rings (SSSR count). The van der Waals surface area contributed by atoms with Crippen LogP contribution in [0, 0.1) is 0 Å². The van der Waals surface area contributed by atoms with Crippen molar-refractivity contribution >= 4 is 33.4 Å². The number of likely N-dealkylation sites (tertiary alicyclic amines) is 1. The van der Waals surface area contributed by atoms with Crippen molar-refractivity contribution in [1.82, 2.24) is 4.90 Å². The molecule has 1 saturated heterocycles. The predicted molar refractivity (Wildman–Crippen MR) is 77.6 cm³/mol. The van der Waals surface area contributed by atoms with Crippen LogP contribution in [0.5, 0.6) is 5.75 Å². The second kappa shape index (κ2) is 5.09. The van der Waals surface area contributed by atoms with Crippen molar-refractivity contribution < 1.29 is 14.3 Å². The van der Waals surface area contributed by atoms with Gasteiger partial charge in [0.1, 0.15) is 11.8 Å². The molecule has 20 heavy (non-hydrogen) atoms. The van der Waals surface area contributed by atoms with Crippen LogP contribution >= 0.6 is 15.9 Å². The highest BCUT2D eigenvalue weighted by atomic mass is 79.9. The van der Waals surface area contributed by atoms with Gasteiger partial charge in [0.15, 0.2) is 0 Å². The maximum atomic E-state index is 12.3. The molecule has 1 aromatic rings. The van der Waals surface area contributed by atoms with Crippen molar-refractivity contribution in [2.75, 3.05) is 12.4 Å². The molecule has 6 heteroatoms. The first-order valence-electron chi connectivity index (χ1n) is 6.56. The fraction of sp³-hybridized carbons (Fsp3) is 0.429. The van der Waals surface area contributed by atoms with E-state index >= 15 is 0 Å². The maximum Gasteiger partial charge on any atom is 0.252 e. The van der Waals surface area contributed by atoms with E-state index in [9.17, 15) is 9.59 Å². The molecule has 1 N–H and O–H groups in total. The number of carbonyl (C=O) groups is 2. The van der Waals surface area contributed by atoms with E-state index in [1.807, 2.05) is 18.2 Å². The molecule has 2 aliphatic rings. The zero-order chi connectivity index (χ0) is 14.3. The Balaban J connectivity index is 1.80. The van der Waals surface area contributed by atoms with E-state index in [0.29, 0.717) is 11.4 Å². The molecule has 5 nitrogen and oxygen atoms in total. The monoisotopic (exact) mass is 338 g/mol. The zero-order valence-corrected chi connectivity index (χ0v) is 12.6. The van der Waals surface area contributed by atoms with Crippen LogP contribution in [0.4, 0.5) is 5.69 Å². The molecule has 0 bridgehead atoms. The molecular formula is C14H15BrN2O3. The second-order valence-corrected chi connectivity index (χ2v) is 5.99. The van der Waals surface area contributed by atoms with Gasteiger partial charge in [0.25, 0.3) is 5.91 Å². The third-order valence-corrected chi connectivity index (χ3v) is 4.08. The summed E-state index contributed by atoms with van der Waals surface area (Å²) >= 11 is 3.39. The van der Waals surface area contributed by atoms with E-state index in [-0.39, 0.29) is 24.3 Å². The van der Waals surface area contributed by atoms with Crippen LogP contribution in [0.1, 0.15) is 19.3 Å². The highest BCUT2D eigenvalue weighted by molar-refractivity contribution is 9.10. The van der Waals surface area contributed by atoms with Crippen molar-refractivity contribution in [2.45, 2.75) is 31.3 Å². The van der Waals surface area contributed by atoms with Gasteiger partial charge in [-0.25, -0.2) is 0 Å². The largest absolute Gasteiger partial charge is 0.495 e. The quantitative estimate of drug-likeness (QED) is 0.854. The highest BCUT2D eigenvalue weighted by Gasteiger charge is 2.46. The van der Waals surface area contributed by atoms with Crippen molar-refractivity contribution in [1.29, 1.82) is 0 Å². The molecule has 1 aliphatic heterocycles. The Labute approximate surface area is 125 Å². The van der Waals surface area contributed by atoms with Crippen LogP contribution in [-0.2, 0) is 9.59 Å². The van der Waals surface area contributed by atoms with Gasteiger partial charge >= 0.3 is 0 Å². The summed E-state index contributed by atoms with van der Waals surface area (Å²) in [5.74, 6) is 0.446. The zero-order valence-electron chi connectivity index (χ0n) is 11.1. The van der Waals surface area contributed by atoms with Gasteiger partial charge in [-0.2, -0.15) is 0 Å². The van der Waals surface area contributed by atoms with E-state index in [2.05, 4.69) is 21.2 Å². The van der Waals surface area contributed by atoms with E-state index < -0.39 is 6.04 Å². The van der Waals surface area contributed by atoms with Crippen LogP contribution in [-0.4, -0.2) is 35.9 Å². The standard InChI is InChI=1S/C14H15BrN2O3/c1-20-12-5-2-8(15)6-10(12)16-11-7-13(18)17(14(11)19)9-3-4-9/h2,5-6,9,11,16H,3-4,7H2,1H3. The molecular weight excluding hydrogens is 324 g/mol. The average molecular weight is 339 g/mol. The van der Waals surface area contributed by atoms with Crippen LogP contribution in [0.3, 0.4) is 0 Å². The summed E-state index contributed by atoms with van der Waals surface area (Å²) in [7, 11) is 1.58. The number of halogens is 1. The molecule has 2 amide bonds. The van der Waals surface area contributed by atoms with Crippen molar-refractivity contribution in [3.8, 4) is 5.75 Å². The Morgan fingerprint density at radius 1 is 1.35 bits per heavy atom. The van der Waals surface area contributed by atoms with Gasteiger partial charge in [0, 0.05) is 10.5 Å². The molecule has 0 aromatic heterocycles. The van der Waals surface area contributed by atoms with Crippen molar-refractivity contribution in [3.63, 3.8) is 0 Å². The molecule has 1 atom stereocenters. The minimum absolute atomic E-state index is 0.0797. The number of hydrogen-bond acceptors (Lipinski definition) is 4. The van der Waals surface area contributed by atoms with E-state index in [1.165, 1.54) is 4.90 Å². The van der Waals surface area contributed by atoms with Gasteiger partial charge in [-0.3, -0.25) is 14.5 Å². The third-order valence-electron chi connectivity index (χ3n) is 3.59. The summed E-state index contributed by atoms with van der Waals surface area (Å²) in [4.78, 5) is 25.6. The van der Waals surface area contributed by atoms with Crippen LogP contribution in [0.25, 0.3) is 0 Å². The lowest BCUT2D eigenvalue weighted by atomic mass is 10.2. The number of amides is 2. The number of benzene rings is 1. The van der Waals surface area contributed by atoms with Crippen LogP contribution in [0.15, 0.2) is 22.7 Å². The average Bonchev–Trinajstić information content (AvgIpc) is 3.19. The summed E-state index contributed by atoms with van der Waals surface area (Å²) in [6.45, 7) is 0. The minimum atomic E-state index is -0.494. The molecule has 1 aromatic carbocycles. The van der Waals surface area contributed by atoms with Gasteiger partial charge < -0.3 is 10.1 Å². The lowest BCUT2D eigenvalue weighted by Crippen LogP contribution is -2.36.